The molecule has 0 rings (SSSR count). The molecule has 38 heavy (non-hydrogen) atoms. The van der Waals surface area contributed by atoms with E-state index in [2.05, 4.69) is 20.8 Å². The van der Waals surface area contributed by atoms with Crippen LogP contribution in [0.3, 0.4) is 0 Å². The number of hydrogen-bond acceptors (Lipinski definition) is 4. The summed E-state index contributed by atoms with van der Waals surface area (Å²) < 4.78 is 10.7. The van der Waals surface area contributed by atoms with Crippen LogP contribution >= 0.6 is 0 Å². The zero-order valence-electron chi connectivity index (χ0n) is 26.0. The predicted molar refractivity (Wildman–Crippen MR) is 162 cm³/mol. The molecule has 0 aliphatic rings. The Balaban J connectivity index is 3.31. The topological polar surface area (TPSA) is 52.6 Å². The van der Waals surface area contributed by atoms with Crippen LogP contribution in [0.1, 0.15) is 188 Å². The molecule has 1 unspecified atom stereocenters. The summed E-state index contributed by atoms with van der Waals surface area (Å²) in [6.07, 6.45) is 30.7. The van der Waals surface area contributed by atoms with Crippen LogP contribution in [0.25, 0.3) is 0 Å². The summed E-state index contributed by atoms with van der Waals surface area (Å²) in [4.78, 5) is 23.7. The fraction of sp³-hybridized carbons (Fsp3) is 0.941. The lowest BCUT2D eigenvalue weighted by Crippen LogP contribution is -2.08. The Kier molecular flexibility index (Phi) is 29.6. The molecule has 0 radical (unpaired) electrons. The molecule has 4 heteroatoms. The molecule has 1 atom stereocenters. The Bertz CT molecular complexity index is 505. The maximum Gasteiger partial charge on any atom is 0.305 e. The maximum atomic E-state index is 11.9. The van der Waals surface area contributed by atoms with Crippen molar-refractivity contribution >= 4 is 11.9 Å². The van der Waals surface area contributed by atoms with Gasteiger partial charge in [0, 0.05) is 12.8 Å². The molecule has 0 saturated heterocycles. The molecule has 226 valence electrons. The molecule has 0 aromatic heterocycles. The lowest BCUT2D eigenvalue weighted by atomic mass is 9.97. The van der Waals surface area contributed by atoms with Crippen LogP contribution in [0, 0.1) is 5.92 Å². The van der Waals surface area contributed by atoms with Crippen LogP contribution in [0.2, 0.25) is 0 Å². The molecule has 0 fully saturated rings. The average molecular weight is 539 g/mol. The van der Waals surface area contributed by atoms with Gasteiger partial charge in [-0.25, -0.2) is 0 Å². The fourth-order valence-electron chi connectivity index (χ4n) is 4.97. The Morgan fingerprint density at radius 3 is 1.29 bits per heavy atom. The van der Waals surface area contributed by atoms with Crippen LogP contribution in [-0.2, 0) is 19.1 Å². The zero-order valence-corrected chi connectivity index (χ0v) is 26.0. The van der Waals surface area contributed by atoms with E-state index in [1.54, 1.807) is 0 Å². The summed E-state index contributed by atoms with van der Waals surface area (Å²) in [5.74, 6) is 0.606. The summed E-state index contributed by atoms with van der Waals surface area (Å²) in [6, 6.07) is 0. The summed E-state index contributed by atoms with van der Waals surface area (Å²) in [7, 11) is 0. The number of hydrogen-bond donors (Lipinski definition) is 0. The first kappa shape index (κ1) is 36.9. The smallest absolute Gasteiger partial charge is 0.305 e. The monoisotopic (exact) mass is 538 g/mol. The lowest BCUT2D eigenvalue weighted by Gasteiger charge is -2.11. The van der Waals surface area contributed by atoms with Crippen molar-refractivity contribution in [1.29, 1.82) is 0 Å². The van der Waals surface area contributed by atoms with Crippen molar-refractivity contribution in [3.05, 3.63) is 0 Å². The van der Waals surface area contributed by atoms with Crippen LogP contribution in [0.4, 0.5) is 0 Å². The minimum atomic E-state index is -0.00571. The molecule has 0 spiro atoms. The Hall–Kier alpha value is -1.06. The van der Waals surface area contributed by atoms with Gasteiger partial charge >= 0.3 is 11.9 Å². The first-order chi connectivity index (χ1) is 18.6. The minimum Gasteiger partial charge on any atom is -0.466 e. The van der Waals surface area contributed by atoms with E-state index in [4.69, 9.17) is 9.47 Å². The average Bonchev–Trinajstić information content (AvgIpc) is 2.91. The standard InChI is InChI=1S/C34H66O4/c1-4-6-8-10-20-24-30-37-33(35)27-23-19-17-15-13-12-14-16-18-22-26-32(3)28-29-34(36)38-31-25-21-11-9-7-5-2/h32H,4-31H2,1-3H3. The van der Waals surface area contributed by atoms with E-state index in [0.29, 0.717) is 32.0 Å². The van der Waals surface area contributed by atoms with E-state index >= 15 is 0 Å². The van der Waals surface area contributed by atoms with Crippen LogP contribution < -0.4 is 0 Å². The fourth-order valence-corrected chi connectivity index (χ4v) is 4.97. The molecule has 0 bridgehead atoms. The molecule has 4 nitrogen and oxygen atoms in total. The second kappa shape index (κ2) is 30.5. The van der Waals surface area contributed by atoms with Crippen molar-refractivity contribution < 1.29 is 19.1 Å². The van der Waals surface area contributed by atoms with Crippen molar-refractivity contribution in [2.24, 2.45) is 5.92 Å². The van der Waals surface area contributed by atoms with E-state index in [1.165, 1.54) is 122 Å². The first-order valence-corrected chi connectivity index (χ1v) is 16.9. The molecule has 0 aliphatic carbocycles. The summed E-state index contributed by atoms with van der Waals surface area (Å²) in [5, 5.41) is 0. The third-order valence-corrected chi connectivity index (χ3v) is 7.69. The Labute approximate surface area is 237 Å². The first-order valence-electron chi connectivity index (χ1n) is 16.9. The molecular formula is C34H66O4. The van der Waals surface area contributed by atoms with Gasteiger partial charge in [0.1, 0.15) is 0 Å². The SMILES string of the molecule is CCCCCCCCOC(=O)CCCCCCCCCCCCC(C)CCC(=O)OCCCCCCCC. The van der Waals surface area contributed by atoms with Crippen molar-refractivity contribution in [2.45, 2.75) is 188 Å². The van der Waals surface area contributed by atoms with Gasteiger partial charge in [-0.3, -0.25) is 9.59 Å². The van der Waals surface area contributed by atoms with Gasteiger partial charge < -0.3 is 9.47 Å². The molecule has 0 aliphatic heterocycles. The number of carbonyl (C=O) groups is 2. The number of rotatable bonds is 30. The van der Waals surface area contributed by atoms with Gasteiger partial charge in [-0.1, -0.05) is 149 Å². The van der Waals surface area contributed by atoms with Gasteiger partial charge in [0.15, 0.2) is 0 Å². The van der Waals surface area contributed by atoms with E-state index in [0.717, 1.165) is 32.1 Å². The van der Waals surface area contributed by atoms with Crippen LogP contribution in [-0.4, -0.2) is 25.2 Å². The molecule has 0 aromatic rings. The number of esters is 2. The quantitative estimate of drug-likeness (QED) is 0.0674. The molecule has 0 N–H and O–H groups in total. The van der Waals surface area contributed by atoms with Crippen molar-refractivity contribution in [2.75, 3.05) is 13.2 Å². The summed E-state index contributed by atoms with van der Waals surface area (Å²) >= 11 is 0. The van der Waals surface area contributed by atoms with Crippen LogP contribution in [0.15, 0.2) is 0 Å². The minimum absolute atomic E-state index is 0.00342. The van der Waals surface area contributed by atoms with E-state index in [1.807, 2.05) is 0 Å². The van der Waals surface area contributed by atoms with E-state index < -0.39 is 0 Å². The maximum absolute atomic E-state index is 11.9. The number of carbonyl (C=O) groups excluding carboxylic acids is 2. The summed E-state index contributed by atoms with van der Waals surface area (Å²) in [6.45, 7) is 7.95. The molecule has 0 heterocycles. The summed E-state index contributed by atoms with van der Waals surface area (Å²) in [5.41, 5.74) is 0. The third kappa shape index (κ3) is 29.5. The lowest BCUT2D eigenvalue weighted by molar-refractivity contribution is -0.144. The van der Waals surface area contributed by atoms with E-state index in [9.17, 15) is 9.59 Å². The van der Waals surface area contributed by atoms with Crippen LogP contribution in [0.5, 0.6) is 0 Å². The second-order valence-electron chi connectivity index (χ2n) is 11.7. The highest BCUT2D eigenvalue weighted by molar-refractivity contribution is 5.69. The predicted octanol–water partition coefficient (Wildman–Crippen LogP) is 10.9. The van der Waals surface area contributed by atoms with E-state index in [-0.39, 0.29) is 11.9 Å². The van der Waals surface area contributed by atoms with Gasteiger partial charge in [0.25, 0.3) is 0 Å². The van der Waals surface area contributed by atoms with Crippen molar-refractivity contribution in [3.63, 3.8) is 0 Å². The molecular weight excluding hydrogens is 472 g/mol. The van der Waals surface area contributed by atoms with Gasteiger partial charge in [0.2, 0.25) is 0 Å². The Morgan fingerprint density at radius 2 is 0.816 bits per heavy atom. The zero-order chi connectivity index (χ0) is 27.9. The van der Waals surface area contributed by atoms with Gasteiger partial charge in [-0.15, -0.1) is 0 Å². The molecule has 0 saturated carbocycles. The van der Waals surface area contributed by atoms with Crippen molar-refractivity contribution in [1.82, 2.24) is 0 Å². The number of unbranched alkanes of at least 4 members (excludes halogenated alkanes) is 19. The molecule has 0 amide bonds. The molecule has 0 aromatic carbocycles. The van der Waals surface area contributed by atoms with Gasteiger partial charge in [-0.05, 0) is 31.6 Å². The normalized spacial score (nSPS) is 12.0. The largest absolute Gasteiger partial charge is 0.466 e. The highest BCUT2D eigenvalue weighted by Gasteiger charge is 2.08. The third-order valence-electron chi connectivity index (χ3n) is 7.69. The van der Waals surface area contributed by atoms with Gasteiger partial charge in [0.05, 0.1) is 13.2 Å². The van der Waals surface area contributed by atoms with Crippen molar-refractivity contribution in [3.8, 4) is 0 Å². The highest BCUT2D eigenvalue weighted by atomic mass is 16.5. The van der Waals surface area contributed by atoms with Gasteiger partial charge in [-0.2, -0.15) is 0 Å². The Morgan fingerprint density at radius 1 is 0.447 bits per heavy atom. The number of ether oxygens (including phenoxy) is 2. The second-order valence-corrected chi connectivity index (χ2v) is 11.7. The highest BCUT2D eigenvalue weighted by Crippen LogP contribution is 2.17.